The van der Waals surface area contributed by atoms with Crippen LogP contribution in [0.1, 0.15) is 48.0 Å². The number of rotatable bonds is 7. The van der Waals surface area contributed by atoms with Crippen molar-refractivity contribution in [3.8, 4) is 5.75 Å². The molecule has 4 aromatic carbocycles. The van der Waals surface area contributed by atoms with E-state index in [-0.39, 0.29) is 17.0 Å². The molecule has 0 spiro atoms. The van der Waals surface area contributed by atoms with E-state index >= 15 is 0 Å². The lowest BCUT2D eigenvalue weighted by atomic mass is 9.87. The molecule has 0 aliphatic heterocycles. The number of hydrogen-bond donors (Lipinski definition) is 1. The Labute approximate surface area is 222 Å². The quantitative estimate of drug-likeness (QED) is 0.243. The normalized spacial score (nSPS) is 11.5. The molecule has 0 radical (unpaired) electrons. The van der Waals surface area contributed by atoms with Crippen molar-refractivity contribution in [2.75, 3.05) is 5.32 Å². The van der Waals surface area contributed by atoms with Crippen LogP contribution < -0.4 is 10.1 Å². The first-order valence-electron chi connectivity index (χ1n) is 12.7. The number of nitrogens with zero attached hydrogens (tertiary/aromatic N) is 1. The standard InChI is InChI=1S/C33H31FN2O2/c1-33(2,3)25-18-16-23(17-19-25)21-36-29-14-9-15-31(38-22-24-10-5-4-6-11-24)26(29)20-30(36)32(37)35-28-13-8-7-12-27(28)34/h4-20H,21-22H2,1-3H3,(H,35,37). The van der Waals surface area contributed by atoms with Crippen LogP contribution in [0.4, 0.5) is 10.1 Å². The Morgan fingerprint density at radius 2 is 1.55 bits per heavy atom. The minimum Gasteiger partial charge on any atom is -0.488 e. The number of carbonyl (C=O) groups excluding carboxylic acids is 1. The summed E-state index contributed by atoms with van der Waals surface area (Å²) in [6.07, 6.45) is 0. The Morgan fingerprint density at radius 3 is 2.26 bits per heavy atom. The predicted octanol–water partition coefficient (Wildman–Crippen LogP) is 7.96. The fraction of sp³-hybridized carbons (Fsp3) is 0.182. The highest BCUT2D eigenvalue weighted by atomic mass is 19.1. The summed E-state index contributed by atoms with van der Waals surface area (Å²) in [5.74, 6) is -0.173. The summed E-state index contributed by atoms with van der Waals surface area (Å²) in [6, 6.07) is 32.2. The molecule has 192 valence electrons. The summed E-state index contributed by atoms with van der Waals surface area (Å²) in [7, 11) is 0. The second kappa shape index (κ2) is 10.5. The molecular weight excluding hydrogens is 475 g/mol. The molecular formula is C33H31FN2O2. The highest BCUT2D eigenvalue weighted by Gasteiger charge is 2.20. The molecule has 1 aromatic heterocycles. The van der Waals surface area contributed by atoms with Crippen molar-refractivity contribution in [2.24, 2.45) is 0 Å². The van der Waals surface area contributed by atoms with Crippen LogP contribution >= 0.6 is 0 Å². The number of nitrogens with one attached hydrogen (secondary N) is 1. The van der Waals surface area contributed by atoms with Gasteiger partial charge in [0.05, 0.1) is 11.2 Å². The van der Waals surface area contributed by atoms with Crippen molar-refractivity contribution in [3.63, 3.8) is 0 Å². The van der Waals surface area contributed by atoms with Gasteiger partial charge in [0.1, 0.15) is 23.9 Å². The third-order valence-corrected chi connectivity index (χ3v) is 6.66. The molecule has 0 saturated carbocycles. The van der Waals surface area contributed by atoms with Crippen molar-refractivity contribution in [1.82, 2.24) is 4.57 Å². The molecule has 1 amide bonds. The Bertz CT molecular complexity index is 1560. The fourth-order valence-corrected chi connectivity index (χ4v) is 4.52. The van der Waals surface area contributed by atoms with Crippen molar-refractivity contribution in [1.29, 1.82) is 0 Å². The van der Waals surface area contributed by atoms with Gasteiger partial charge in [0.25, 0.3) is 5.91 Å². The van der Waals surface area contributed by atoms with Gasteiger partial charge in [0.15, 0.2) is 0 Å². The zero-order valence-corrected chi connectivity index (χ0v) is 21.9. The largest absolute Gasteiger partial charge is 0.488 e. The summed E-state index contributed by atoms with van der Waals surface area (Å²) in [6.45, 7) is 7.45. The van der Waals surface area contributed by atoms with Gasteiger partial charge in [0.2, 0.25) is 0 Å². The second-order valence-corrected chi connectivity index (χ2v) is 10.5. The first-order chi connectivity index (χ1) is 18.3. The van der Waals surface area contributed by atoms with Gasteiger partial charge < -0.3 is 14.6 Å². The van der Waals surface area contributed by atoms with E-state index in [9.17, 15) is 9.18 Å². The average molecular weight is 507 g/mol. The summed E-state index contributed by atoms with van der Waals surface area (Å²) in [5, 5.41) is 3.57. The number of hydrogen-bond acceptors (Lipinski definition) is 2. The van der Waals surface area contributed by atoms with Crippen LogP contribution in [0.5, 0.6) is 5.75 Å². The van der Waals surface area contributed by atoms with Crippen molar-refractivity contribution >= 4 is 22.5 Å². The average Bonchev–Trinajstić information content (AvgIpc) is 3.28. The predicted molar refractivity (Wildman–Crippen MR) is 151 cm³/mol. The first kappa shape index (κ1) is 25.3. The maximum absolute atomic E-state index is 14.3. The topological polar surface area (TPSA) is 43.3 Å². The molecule has 1 N–H and O–H groups in total. The molecule has 0 atom stereocenters. The third-order valence-electron chi connectivity index (χ3n) is 6.66. The molecule has 0 aliphatic rings. The summed E-state index contributed by atoms with van der Waals surface area (Å²) in [4.78, 5) is 13.5. The molecule has 0 aliphatic carbocycles. The number of aromatic nitrogens is 1. The van der Waals surface area contributed by atoms with Gasteiger partial charge in [-0.1, -0.05) is 93.6 Å². The first-order valence-corrected chi connectivity index (χ1v) is 12.7. The van der Waals surface area contributed by atoms with Crippen molar-refractivity contribution in [2.45, 2.75) is 39.3 Å². The van der Waals surface area contributed by atoms with Gasteiger partial charge >= 0.3 is 0 Å². The Kier molecular flexibility index (Phi) is 7.01. The molecule has 0 unspecified atom stereocenters. The highest BCUT2D eigenvalue weighted by Crippen LogP contribution is 2.31. The summed E-state index contributed by atoms with van der Waals surface area (Å²) < 4.78 is 22.5. The van der Waals surface area contributed by atoms with Gasteiger partial charge in [0, 0.05) is 11.9 Å². The van der Waals surface area contributed by atoms with Crippen LogP contribution in [-0.2, 0) is 18.6 Å². The molecule has 5 aromatic rings. The molecule has 4 nitrogen and oxygen atoms in total. The molecule has 0 fully saturated rings. The number of halogens is 1. The van der Waals surface area contributed by atoms with E-state index in [2.05, 4.69) is 50.4 Å². The SMILES string of the molecule is CC(C)(C)c1ccc(Cn2c(C(=O)Nc3ccccc3F)cc3c(OCc4ccccc4)cccc32)cc1. The third kappa shape index (κ3) is 5.47. The maximum atomic E-state index is 14.3. The van der Waals surface area contributed by atoms with Crippen LogP contribution in [0.3, 0.4) is 0 Å². The van der Waals surface area contributed by atoms with Gasteiger partial charge in [-0.25, -0.2) is 4.39 Å². The van der Waals surface area contributed by atoms with E-state index in [4.69, 9.17) is 4.74 Å². The molecule has 5 heteroatoms. The zero-order valence-electron chi connectivity index (χ0n) is 21.9. The number of fused-ring (bicyclic) bond motifs is 1. The van der Waals surface area contributed by atoms with Crippen LogP contribution in [0.2, 0.25) is 0 Å². The minimum atomic E-state index is -0.479. The second-order valence-electron chi connectivity index (χ2n) is 10.5. The number of para-hydroxylation sites is 1. The fourth-order valence-electron chi connectivity index (χ4n) is 4.52. The van der Waals surface area contributed by atoms with Crippen molar-refractivity contribution in [3.05, 3.63) is 131 Å². The van der Waals surface area contributed by atoms with Gasteiger partial charge in [-0.15, -0.1) is 0 Å². The van der Waals surface area contributed by atoms with Crippen LogP contribution in [0.15, 0.2) is 103 Å². The highest BCUT2D eigenvalue weighted by molar-refractivity contribution is 6.07. The number of anilines is 1. The molecule has 5 rings (SSSR count). The van der Waals surface area contributed by atoms with Gasteiger partial charge in [-0.2, -0.15) is 0 Å². The lowest BCUT2D eigenvalue weighted by Gasteiger charge is -2.19. The number of amides is 1. The molecule has 1 heterocycles. The molecule has 0 saturated heterocycles. The van der Waals surface area contributed by atoms with Crippen LogP contribution in [-0.4, -0.2) is 10.5 Å². The van der Waals surface area contributed by atoms with Crippen LogP contribution in [0.25, 0.3) is 10.9 Å². The number of benzene rings is 4. The molecule has 38 heavy (non-hydrogen) atoms. The van der Waals surface area contributed by atoms with Crippen LogP contribution in [0, 0.1) is 5.82 Å². The number of carbonyl (C=O) groups is 1. The monoisotopic (exact) mass is 506 g/mol. The maximum Gasteiger partial charge on any atom is 0.272 e. The Balaban J connectivity index is 1.53. The zero-order chi connectivity index (χ0) is 26.7. The minimum absolute atomic E-state index is 0.0501. The number of ether oxygens (including phenoxy) is 1. The lowest BCUT2D eigenvalue weighted by Crippen LogP contribution is -2.18. The Morgan fingerprint density at radius 1 is 0.842 bits per heavy atom. The lowest BCUT2D eigenvalue weighted by molar-refractivity contribution is 0.101. The van der Waals surface area contributed by atoms with E-state index in [0.717, 1.165) is 22.0 Å². The Hall–Kier alpha value is -4.38. The van der Waals surface area contributed by atoms with E-state index in [1.807, 2.05) is 59.2 Å². The smallest absolute Gasteiger partial charge is 0.272 e. The summed E-state index contributed by atoms with van der Waals surface area (Å²) >= 11 is 0. The van der Waals surface area contributed by atoms with Gasteiger partial charge in [-0.05, 0) is 52.4 Å². The van der Waals surface area contributed by atoms with E-state index < -0.39 is 5.82 Å². The molecule has 0 bridgehead atoms. The van der Waals surface area contributed by atoms with Gasteiger partial charge in [-0.3, -0.25) is 4.79 Å². The van der Waals surface area contributed by atoms with E-state index in [1.165, 1.54) is 11.6 Å². The van der Waals surface area contributed by atoms with Crippen molar-refractivity contribution < 1.29 is 13.9 Å². The van der Waals surface area contributed by atoms with E-state index in [1.54, 1.807) is 18.2 Å². The summed E-state index contributed by atoms with van der Waals surface area (Å²) in [5.41, 5.74) is 4.85. The van der Waals surface area contributed by atoms with E-state index in [0.29, 0.717) is 24.6 Å².